The van der Waals surface area contributed by atoms with Crippen LogP contribution in [-0.4, -0.2) is 16.8 Å². The van der Waals surface area contributed by atoms with Gasteiger partial charge in [-0.1, -0.05) is 0 Å². The Balaban J connectivity index is 2.72. The maximum atomic E-state index is 11.1. The van der Waals surface area contributed by atoms with Crippen LogP contribution in [0, 0.1) is 0 Å². The first-order chi connectivity index (χ1) is 6.06. The van der Waals surface area contributed by atoms with Crippen LogP contribution in [0.3, 0.4) is 0 Å². The standard InChI is InChI=1S/C9H13ClN2O/c1-9(2,12-8(13)5-10)7-3-4-11-6-7/h3-4,6,11H,5H2,1-2H3,(H,12,13). The van der Waals surface area contributed by atoms with E-state index >= 15 is 0 Å². The first-order valence-corrected chi connectivity index (χ1v) is 4.60. The van der Waals surface area contributed by atoms with Gasteiger partial charge in [-0.05, 0) is 25.5 Å². The number of hydrogen-bond acceptors (Lipinski definition) is 1. The lowest BCUT2D eigenvalue weighted by atomic mass is 9.97. The van der Waals surface area contributed by atoms with Gasteiger partial charge in [-0.15, -0.1) is 11.6 Å². The highest BCUT2D eigenvalue weighted by molar-refractivity contribution is 6.27. The summed E-state index contributed by atoms with van der Waals surface area (Å²) in [5.74, 6) is -0.165. The second-order valence-corrected chi connectivity index (χ2v) is 3.67. The molecule has 72 valence electrons. The van der Waals surface area contributed by atoms with Crippen LogP contribution < -0.4 is 5.32 Å². The Kier molecular flexibility index (Phi) is 2.98. The quantitative estimate of drug-likeness (QED) is 0.716. The van der Waals surface area contributed by atoms with Gasteiger partial charge in [0.15, 0.2) is 0 Å². The topological polar surface area (TPSA) is 44.9 Å². The van der Waals surface area contributed by atoms with Crippen LogP contribution in [0.15, 0.2) is 18.5 Å². The average Bonchev–Trinajstić information content (AvgIpc) is 2.55. The maximum Gasteiger partial charge on any atom is 0.235 e. The fourth-order valence-corrected chi connectivity index (χ4v) is 1.23. The zero-order chi connectivity index (χ0) is 9.90. The molecule has 0 saturated carbocycles. The van der Waals surface area contributed by atoms with Crippen LogP contribution in [0.5, 0.6) is 0 Å². The van der Waals surface area contributed by atoms with Crippen LogP contribution >= 0.6 is 11.6 Å². The summed E-state index contributed by atoms with van der Waals surface area (Å²) in [6.07, 6.45) is 3.68. The molecular formula is C9H13ClN2O. The molecule has 13 heavy (non-hydrogen) atoms. The second-order valence-electron chi connectivity index (χ2n) is 3.41. The van der Waals surface area contributed by atoms with Crippen molar-refractivity contribution in [3.8, 4) is 0 Å². The SMILES string of the molecule is CC(C)(NC(=O)CCl)c1cc[nH]c1. The molecule has 3 nitrogen and oxygen atoms in total. The van der Waals surface area contributed by atoms with Crippen LogP contribution in [-0.2, 0) is 10.3 Å². The lowest BCUT2D eigenvalue weighted by molar-refractivity contribution is -0.120. The third kappa shape index (κ3) is 2.49. The third-order valence-corrected chi connectivity index (χ3v) is 2.14. The Morgan fingerprint density at radius 3 is 2.85 bits per heavy atom. The predicted molar refractivity (Wildman–Crippen MR) is 52.7 cm³/mol. The molecule has 0 aliphatic rings. The van der Waals surface area contributed by atoms with Crippen LogP contribution in [0.25, 0.3) is 0 Å². The Morgan fingerprint density at radius 2 is 2.38 bits per heavy atom. The van der Waals surface area contributed by atoms with E-state index in [1.165, 1.54) is 0 Å². The first-order valence-electron chi connectivity index (χ1n) is 4.06. The summed E-state index contributed by atoms with van der Waals surface area (Å²) >= 11 is 5.40. The van der Waals surface area contributed by atoms with Crippen molar-refractivity contribution in [2.45, 2.75) is 19.4 Å². The number of halogens is 1. The Morgan fingerprint density at radius 1 is 1.69 bits per heavy atom. The van der Waals surface area contributed by atoms with Gasteiger partial charge in [-0.25, -0.2) is 0 Å². The molecule has 0 bridgehead atoms. The van der Waals surface area contributed by atoms with E-state index in [1.807, 2.05) is 32.3 Å². The highest BCUT2D eigenvalue weighted by atomic mass is 35.5. The van der Waals surface area contributed by atoms with E-state index in [4.69, 9.17) is 11.6 Å². The van der Waals surface area contributed by atoms with Gasteiger partial charge in [0.2, 0.25) is 5.91 Å². The highest BCUT2D eigenvalue weighted by Gasteiger charge is 2.22. The molecule has 1 aromatic rings. The molecule has 0 spiro atoms. The number of amides is 1. The van der Waals surface area contributed by atoms with E-state index in [0.29, 0.717) is 0 Å². The number of carbonyl (C=O) groups excluding carboxylic acids is 1. The normalized spacial score (nSPS) is 11.3. The summed E-state index contributed by atoms with van der Waals surface area (Å²) in [7, 11) is 0. The van der Waals surface area contributed by atoms with E-state index < -0.39 is 0 Å². The largest absolute Gasteiger partial charge is 0.367 e. The molecule has 0 saturated heterocycles. The fourth-order valence-electron chi connectivity index (χ4n) is 1.17. The minimum absolute atomic E-state index is 0.00610. The molecular weight excluding hydrogens is 188 g/mol. The van der Waals surface area contributed by atoms with E-state index in [0.717, 1.165) is 5.56 Å². The number of aromatic nitrogens is 1. The predicted octanol–water partition coefficient (Wildman–Crippen LogP) is 1.60. The van der Waals surface area contributed by atoms with Crippen molar-refractivity contribution < 1.29 is 4.79 Å². The van der Waals surface area contributed by atoms with Gasteiger partial charge in [0.1, 0.15) is 5.88 Å². The molecule has 1 heterocycles. The number of aromatic amines is 1. The Bertz CT molecular complexity index is 280. The van der Waals surface area contributed by atoms with Crippen molar-refractivity contribution in [3.05, 3.63) is 24.0 Å². The molecule has 1 aromatic heterocycles. The molecule has 0 aliphatic heterocycles. The van der Waals surface area contributed by atoms with Gasteiger partial charge in [0, 0.05) is 12.4 Å². The van der Waals surface area contributed by atoms with Gasteiger partial charge in [0.05, 0.1) is 5.54 Å². The van der Waals surface area contributed by atoms with Gasteiger partial charge < -0.3 is 10.3 Å². The van der Waals surface area contributed by atoms with Gasteiger partial charge >= 0.3 is 0 Å². The lowest BCUT2D eigenvalue weighted by Crippen LogP contribution is -2.41. The summed E-state index contributed by atoms with van der Waals surface area (Å²) in [5, 5.41) is 2.82. The molecule has 1 rings (SSSR count). The minimum atomic E-state index is -0.369. The number of H-pyrrole nitrogens is 1. The number of hydrogen-bond donors (Lipinski definition) is 2. The number of nitrogens with one attached hydrogen (secondary N) is 2. The molecule has 0 atom stereocenters. The highest BCUT2D eigenvalue weighted by Crippen LogP contribution is 2.18. The maximum absolute atomic E-state index is 11.1. The van der Waals surface area contributed by atoms with E-state index in [2.05, 4.69) is 10.3 Å². The Hall–Kier alpha value is -0.960. The molecule has 1 amide bonds. The van der Waals surface area contributed by atoms with Gasteiger partial charge in [0.25, 0.3) is 0 Å². The molecule has 0 fully saturated rings. The molecule has 0 aliphatic carbocycles. The van der Waals surface area contributed by atoms with E-state index in [-0.39, 0.29) is 17.3 Å². The summed E-state index contributed by atoms with van der Waals surface area (Å²) in [5.41, 5.74) is 0.664. The molecule has 0 unspecified atom stereocenters. The number of carbonyl (C=O) groups is 1. The zero-order valence-electron chi connectivity index (χ0n) is 7.73. The summed E-state index contributed by atoms with van der Waals surface area (Å²) in [4.78, 5) is 14.0. The van der Waals surface area contributed by atoms with Crippen molar-refractivity contribution in [1.29, 1.82) is 0 Å². The number of rotatable bonds is 3. The zero-order valence-corrected chi connectivity index (χ0v) is 8.48. The van der Waals surface area contributed by atoms with Crippen molar-refractivity contribution in [1.82, 2.24) is 10.3 Å². The van der Waals surface area contributed by atoms with Crippen LogP contribution in [0.2, 0.25) is 0 Å². The molecule has 0 radical (unpaired) electrons. The summed E-state index contributed by atoms with van der Waals surface area (Å²) < 4.78 is 0. The smallest absolute Gasteiger partial charge is 0.235 e. The second kappa shape index (κ2) is 3.83. The van der Waals surface area contributed by atoms with Crippen molar-refractivity contribution in [2.24, 2.45) is 0 Å². The Labute approximate surface area is 82.5 Å². The van der Waals surface area contributed by atoms with E-state index in [1.54, 1.807) is 0 Å². The molecule has 4 heteroatoms. The minimum Gasteiger partial charge on any atom is -0.367 e. The molecule has 0 aromatic carbocycles. The van der Waals surface area contributed by atoms with Crippen molar-refractivity contribution in [3.63, 3.8) is 0 Å². The number of alkyl halides is 1. The van der Waals surface area contributed by atoms with Gasteiger partial charge in [-0.3, -0.25) is 4.79 Å². The molecule has 2 N–H and O–H groups in total. The summed E-state index contributed by atoms with van der Waals surface area (Å²) in [6, 6.07) is 1.93. The van der Waals surface area contributed by atoms with Crippen LogP contribution in [0.1, 0.15) is 19.4 Å². The summed E-state index contributed by atoms with van der Waals surface area (Å²) in [6.45, 7) is 3.86. The third-order valence-electron chi connectivity index (χ3n) is 1.89. The monoisotopic (exact) mass is 200 g/mol. The fraction of sp³-hybridized carbons (Fsp3) is 0.444. The van der Waals surface area contributed by atoms with Crippen molar-refractivity contribution >= 4 is 17.5 Å². The first kappa shape index (κ1) is 10.1. The van der Waals surface area contributed by atoms with E-state index in [9.17, 15) is 4.79 Å². The van der Waals surface area contributed by atoms with Crippen molar-refractivity contribution in [2.75, 3.05) is 5.88 Å². The average molecular weight is 201 g/mol. The lowest BCUT2D eigenvalue weighted by Gasteiger charge is -2.24. The van der Waals surface area contributed by atoms with Crippen LogP contribution in [0.4, 0.5) is 0 Å². The van der Waals surface area contributed by atoms with Gasteiger partial charge in [-0.2, -0.15) is 0 Å².